The molecule has 1 heterocycles. The molecule has 0 aliphatic heterocycles. The summed E-state index contributed by atoms with van der Waals surface area (Å²) in [6.45, 7) is 0. The van der Waals surface area contributed by atoms with E-state index in [1.165, 1.54) is 42.5 Å². The van der Waals surface area contributed by atoms with Crippen molar-refractivity contribution in [2.45, 2.75) is 0 Å². The van der Waals surface area contributed by atoms with Crippen molar-refractivity contribution in [1.29, 1.82) is 0 Å². The number of carbonyl (C=O) groups excluding carboxylic acids is 1. The van der Waals surface area contributed by atoms with Crippen LogP contribution in [0.4, 0.5) is 11.6 Å². The Morgan fingerprint density at radius 2 is 1.67 bits per heavy atom. The van der Waals surface area contributed by atoms with Gasteiger partial charge in [-0.1, -0.05) is 6.08 Å². The van der Waals surface area contributed by atoms with Gasteiger partial charge in [-0.3, -0.25) is 25.0 Å². The van der Waals surface area contributed by atoms with E-state index in [9.17, 15) is 25.0 Å². The second kappa shape index (κ2) is 5.78. The van der Waals surface area contributed by atoms with Crippen molar-refractivity contribution in [1.82, 2.24) is 0 Å². The van der Waals surface area contributed by atoms with E-state index < -0.39 is 21.5 Å². The van der Waals surface area contributed by atoms with Crippen LogP contribution in [-0.4, -0.2) is 15.6 Å². The van der Waals surface area contributed by atoms with Crippen LogP contribution in [0.3, 0.4) is 0 Å². The average molecular weight is 288 g/mol. The van der Waals surface area contributed by atoms with Crippen LogP contribution < -0.4 is 0 Å². The normalized spacial score (nSPS) is 10.7. The SMILES string of the molecule is O=C(C=Cc1ccc([N+](=O)[O-])cc1)c1ccc([N+](=O)[O-])o1. The van der Waals surface area contributed by atoms with Crippen LogP contribution in [0.15, 0.2) is 46.9 Å². The number of non-ortho nitro benzene ring substituents is 1. The first kappa shape index (κ1) is 14.1. The van der Waals surface area contributed by atoms with Gasteiger partial charge in [0.05, 0.1) is 11.0 Å². The van der Waals surface area contributed by atoms with Crippen LogP contribution in [0.2, 0.25) is 0 Å². The maximum Gasteiger partial charge on any atom is 0.433 e. The third-order valence-corrected chi connectivity index (χ3v) is 2.55. The molecule has 8 nitrogen and oxygen atoms in total. The Labute approximate surface area is 117 Å². The fourth-order valence-corrected chi connectivity index (χ4v) is 1.52. The molecule has 0 atom stereocenters. The number of nitro benzene ring substituents is 1. The van der Waals surface area contributed by atoms with Crippen molar-refractivity contribution in [2.75, 3.05) is 0 Å². The van der Waals surface area contributed by atoms with Crippen LogP contribution in [0.5, 0.6) is 0 Å². The molecular weight excluding hydrogens is 280 g/mol. The van der Waals surface area contributed by atoms with Crippen molar-refractivity contribution in [3.05, 3.63) is 74.0 Å². The lowest BCUT2D eigenvalue weighted by atomic mass is 10.1. The second-order valence-corrected chi connectivity index (χ2v) is 3.94. The lowest BCUT2D eigenvalue weighted by molar-refractivity contribution is -0.402. The molecular formula is C13H8N2O6. The molecule has 8 heteroatoms. The number of furan rings is 1. The molecule has 106 valence electrons. The summed E-state index contributed by atoms with van der Waals surface area (Å²) in [5.74, 6) is -1.21. The maximum absolute atomic E-state index is 11.7. The van der Waals surface area contributed by atoms with Crippen molar-refractivity contribution >= 4 is 23.4 Å². The summed E-state index contributed by atoms with van der Waals surface area (Å²) in [5, 5.41) is 20.9. The number of nitrogens with zero attached hydrogens (tertiary/aromatic N) is 2. The molecule has 0 spiro atoms. The highest BCUT2D eigenvalue weighted by Crippen LogP contribution is 2.17. The third kappa shape index (κ3) is 3.38. The first-order valence-corrected chi connectivity index (χ1v) is 5.68. The van der Waals surface area contributed by atoms with E-state index in [0.717, 1.165) is 6.07 Å². The van der Waals surface area contributed by atoms with Gasteiger partial charge in [-0.15, -0.1) is 0 Å². The minimum atomic E-state index is -0.739. The summed E-state index contributed by atoms with van der Waals surface area (Å²) in [5.41, 5.74) is 0.523. The fourth-order valence-electron chi connectivity index (χ4n) is 1.52. The molecule has 0 fully saturated rings. The topological polar surface area (TPSA) is 116 Å². The van der Waals surface area contributed by atoms with Gasteiger partial charge in [-0.25, -0.2) is 0 Å². The molecule has 0 amide bonds. The van der Waals surface area contributed by atoms with Crippen LogP contribution in [0.25, 0.3) is 6.08 Å². The van der Waals surface area contributed by atoms with Gasteiger partial charge in [-0.05, 0) is 29.8 Å². The Kier molecular flexibility index (Phi) is 3.89. The first-order valence-electron chi connectivity index (χ1n) is 5.68. The Balaban J connectivity index is 2.10. The zero-order valence-corrected chi connectivity index (χ0v) is 10.5. The van der Waals surface area contributed by atoms with E-state index in [2.05, 4.69) is 0 Å². The Morgan fingerprint density at radius 1 is 1.00 bits per heavy atom. The molecule has 0 bridgehead atoms. The molecule has 0 aliphatic carbocycles. The van der Waals surface area contributed by atoms with E-state index in [4.69, 9.17) is 4.42 Å². The zero-order valence-electron chi connectivity index (χ0n) is 10.5. The summed E-state index contributed by atoms with van der Waals surface area (Å²) >= 11 is 0. The number of rotatable bonds is 5. The van der Waals surface area contributed by atoms with Gasteiger partial charge in [0.25, 0.3) is 5.69 Å². The lowest BCUT2D eigenvalue weighted by Crippen LogP contribution is -1.91. The Hall–Kier alpha value is -3.29. The van der Waals surface area contributed by atoms with Crippen molar-refractivity contribution < 1.29 is 19.1 Å². The number of hydrogen-bond donors (Lipinski definition) is 0. The minimum Gasteiger partial charge on any atom is -0.397 e. The van der Waals surface area contributed by atoms with Crippen LogP contribution >= 0.6 is 0 Å². The first-order chi connectivity index (χ1) is 9.97. The molecule has 21 heavy (non-hydrogen) atoms. The molecule has 0 saturated heterocycles. The highest BCUT2D eigenvalue weighted by atomic mass is 16.6. The van der Waals surface area contributed by atoms with Gasteiger partial charge in [0.15, 0.2) is 5.76 Å². The van der Waals surface area contributed by atoms with E-state index in [1.54, 1.807) is 0 Å². The van der Waals surface area contributed by atoms with Crippen molar-refractivity contribution in [3.8, 4) is 0 Å². The standard InChI is InChI=1S/C13H8N2O6/c16-11(12-7-8-13(21-12)15(19)20)6-3-9-1-4-10(5-2-9)14(17)18/h1-8H. The molecule has 0 saturated carbocycles. The fraction of sp³-hybridized carbons (Fsp3) is 0. The third-order valence-electron chi connectivity index (χ3n) is 2.55. The summed E-state index contributed by atoms with van der Waals surface area (Å²) in [4.78, 5) is 31.4. The predicted molar refractivity (Wildman–Crippen MR) is 71.8 cm³/mol. The van der Waals surface area contributed by atoms with E-state index in [0.29, 0.717) is 5.56 Å². The quantitative estimate of drug-likeness (QED) is 0.361. The van der Waals surface area contributed by atoms with Crippen LogP contribution in [0, 0.1) is 20.2 Å². The molecule has 0 radical (unpaired) electrons. The number of ketones is 1. The molecule has 0 aliphatic rings. The van der Waals surface area contributed by atoms with E-state index >= 15 is 0 Å². The van der Waals surface area contributed by atoms with Gasteiger partial charge in [0, 0.05) is 12.1 Å². The summed E-state index contributed by atoms with van der Waals surface area (Å²) in [6.07, 6.45) is 2.60. The van der Waals surface area contributed by atoms with E-state index in [1.807, 2.05) is 0 Å². The number of allylic oxidation sites excluding steroid dienone is 1. The minimum absolute atomic E-state index is 0.0554. The molecule has 1 aromatic heterocycles. The van der Waals surface area contributed by atoms with Crippen LogP contribution in [-0.2, 0) is 0 Å². The van der Waals surface area contributed by atoms with Crippen molar-refractivity contribution in [2.24, 2.45) is 0 Å². The monoisotopic (exact) mass is 288 g/mol. The number of benzene rings is 1. The summed E-state index contributed by atoms with van der Waals surface area (Å²) in [7, 11) is 0. The summed E-state index contributed by atoms with van der Waals surface area (Å²) < 4.78 is 4.76. The molecule has 0 N–H and O–H groups in total. The molecule has 0 unspecified atom stereocenters. The largest absolute Gasteiger partial charge is 0.433 e. The molecule has 2 aromatic rings. The number of carbonyl (C=O) groups is 1. The highest BCUT2D eigenvalue weighted by Gasteiger charge is 2.15. The van der Waals surface area contributed by atoms with Gasteiger partial charge in [0.1, 0.15) is 4.92 Å². The number of hydrogen-bond acceptors (Lipinski definition) is 6. The van der Waals surface area contributed by atoms with E-state index in [-0.39, 0.29) is 11.4 Å². The predicted octanol–water partition coefficient (Wildman–Crippen LogP) is 2.99. The van der Waals surface area contributed by atoms with Gasteiger partial charge in [0.2, 0.25) is 5.78 Å². The second-order valence-electron chi connectivity index (χ2n) is 3.94. The maximum atomic E-state index is 11.7. The lowest BCUT2D eigenvalue weighted by Gasteiger charge is -1.93. The number of nitro groups is 2. The smallest absolute Gasteiger partial charge is 0.397 e. The van der Waals surface area contributed by atoms with Gasteiger partial charge in [-0.2, -0.15) is 0 Å². The molecule has 1 aromatic carbocycles. The van der Waals surface area contributed by atoms with Crippen LogP contribution in [0.1, 0.15) is 16.1 Å². The Morgan fingerprint density at radius 3 is 2.19 bits per heavy atom. The average Bonchev–Trinajstić information content (AvgIpc) is 2.95. The highest BCUT2D eigenvalue weighted by molar-refractivity contribution is 6.05. The zero-order chi connectivity index (χ0) is 15.4. The van der Waals surface area contributed by atoms with Gasteiger partial charge >= 0.3 is 5.88 Å². The summed E-state index contributed by atoms with van der Waals surface area (Å²) in [6, 6.07) is 7.87. The molecule has 2 rings (SSSR count). The van der Waals surface area contributed by atoms with Crippen molar-refractivity contribution in [3.63, 3.8) is 0 Å². The van der Waals surface area contributed by atoms with Gasteiger partial charge < -0.3 is 4.42 Å². The Bertz CT molecular complexity index is 729.